The summed E-state index contributed by atoms with van der Waals surface area (Å²) in [6.45, 7) is 5.63. The van der Waals surface area contributed by atoms with Crippen molar-refractivity contribution in [2.45, 2.75) is 39.3 Å². The van der Waals surface area contributed by atoms with Crippen molar-refractivity contribution >= 4 is 5.91 Å². The zero-order valence-corrected chi connectivity index (χ0v) is 12.6. The molecule has 1 fully saturated rings. The predicted molar refractivity (Wildman–Crippen MR) is 82.1 cm³/mol. The Kier molecular flexibility index (Phi) is 3.78. The van der Waals surface area contributed by atoms with Crippen LogP contribution in [0.1, 0.15) is 47.4 Å². The molecule has 1 aliphatic heterocycles. The number of likely N-dealkylation sites (tertiary alicyclic amines) is 1. The third-order valence-electron chi connectivity index (χ3n) is 4.21. The number of carbonyl (C=O) groups excluding carboxylic acids is 1. The van der Waals surface area contributed by atoms with Crippen LogP contribution in [0.25, 0.3) is 0 Å². The van der Waals surface area contributed by atoms with Crippen LogP contribution >= 0.6 is 0 Å². The van der Waals surface area contributed by atoms with Crippen molar-refractivity contribution in [3.05, 3.63) is 53.3 Å². The van der Waals surface area contributed by atoms with Crippen LogP contribution in [0.3, 0.4) is 0 Å². The molecule has 2 heterocycles. The topological polar surface area (TPSA) is 38.1 Å². The molecule has 1 aromatic heterocycles. The van der Waals surface area contributed by atoms with Gasteiger partial charge in [-0.05, 0) is 38.3 Å². The lowest BCUT2D eigenvalue weighted by Gasteiger charge is -2.25. The highest BCUT2D eigenvalue weighted by Crippen LogP contribution is 2.33. The Hall–Kier alpha value is -2.10. The number of aryl methyl sites for hydroxylation is 2. The quantitative estimate of drug-likeness (QED) is 0.867. The molecular formula is C17H21N3O. The van der Waals surface area contributed by atoms with E-state index in [-0.39, 0.29) is 11.9 Å². The van der Waals surface area contributed by atoms with Crippen molar-refractivity contribution in [1.82, 2.24) is 14.7 Å². The van der Waals surface area contributed by atoms with Gasteiger partial charge in [0.1, 0.15) is 5.69 Å². The van der Waals surface area contributed by atoms with Crippen molar-refractivity contribution in [1.29, 1.82) is 0 Å². The van der Waals surface area contributed by atoms with Gasteiger partial charge in [0, 0.05) is 19.3 Å². The Bertz CT molecular complexity index is 630. The first-order valence-corrected chi connectivity index (χ1v) is 7.60. The van der Waals surface area contributed by atoms with Gasteiger partial charge in [-0.2, -0.15) is 5.10 Å². The van der Waals surface area contributed by atoms with Crippen LogP contribution in [0, 0.1) is 6.92 Å². The Morgan fingerprint density at radius 3 is 2.76 bits per heavy atom. The van der Waals surface area contributed by atoms with Crippen LogP contribution in [0.15, 0.2) is 36.5 Å². The summed E-state index contributed by atoms with van der Waals surface area (Å²) in [4.78, 5) is 14.8. The average molecular weight is 283 g/mol. The van der Waals surface area contributed by atoms with Gasteiger partial charge < -0.3 is 4.90 Å². The summed E-state index contributed by atoms with van der Waals surface area (Å²) in [5, 5.41) is 4.21. The first-order valence-electron chi connectivity index (χ1n) is 7.60. The number of hydrogen-bond donors (Lipinski definition) is 0. The molecule has 21 heavy (non-hydrogen) atoms. The Morgan fingerprint density at radius 1 is 1.29 bits per heavy atom. The number of aromatic nitrogens is 2. The summed E-state index contributed by atoms with van der Waals surface area (Å²) in [6.07, 6.45) is 3.80. The lowest BCUT2D eigenvalue weighted by Crippen LogP contribution is -2.32. The normalized spacial score (nSPS) is 18.2. The molecular weight excluding hydrogens is 262 g/mol. The van der Waals surface area contributed by atoms with Gasteiger partial charge in [0.2, 0.25) is 0 Å². The van der Waals surface area contributed by atoms with Crippen molar-refractivity contribution < 1.29 is 4.79 Å². The Balaban J connectivity index is 1.87. The summed E-state index contributed by atoms with van der Waals surface area (Å²) >= 11 is 0. The van der Waals surface area contributed by atoms with E-state index in [4.69, 9.17) is 0 Å². The molecule has 1 atom stereocenters. The van der Waals surface area contributed by atoms with Crippen molar-refractivity contribution in [3.8, 4) is 0 Å². The molecule has 110 valence electrons. The molecule has 3 rings (SSSR count). The van der Waals surface area contributed by atoms with Gasteiger partial charge in [-0.15, -0.1) is 0 Å². The summed E-state index contributed by atoms with van der Waals surface area (Å²) < 4.78 is 1.77. The van der Waals surface area contributed by atoms with E-state index in [0.29, 0.717) is 5.69 Å². The minimum absolute atomic E-state index is 0.0948. The van der Waals surface area contributed by atoms with E-state index in [1.807, 2.05) is 17.9 Å². The number of carbonyl (C=O) groups is 1. The van der Waals surface area contributed by atoms with Crippen LogP contribution < -0.4 is 0 Å². The van der Waals surface area contributed by atoms with Crippen LogP contribution in [-0.4, -0.2) is 27.1 Å². The lowest BCUT2D eigenvalue weighted by molar-refractivity contribution is 0.0723. The second kappa shape index (κ2) is 5.72. The van der Waals surface area contributed by atoms with E-state index >= 15 is 0 Å². The average Bonchev–Trinajstić information content (AvgIpc) is 3.16. The fraction of sp³-hybridized carbons (Fsp3) is 0.412. The van der Waals surface area contributed by atoms with Crippen molar-refractivity contribution in [2.75, 3.05) is 6.54 Å². The second-order valence-electron chi connectivity index (χ2n) is 5.60. The molecule has 4 nitrogen and oxygen atoms in total. The van der Waals surface area contributed by atoms with Crippen LogP contribution in [-0.2, 0) is 6.54 Å². The summed E-state index contributed by atoms with van der Waals surface area (Å²) in [5.41, 5.74) is 3.17. The molecule has 1 unspecified atom stereocenters. The molecule has 0 bridgehead atoms. The maximum Gasteiger partial charge on any atom is 0.272 e. The third kappa shape index (κ3) is 2.58. The van der Waals surface area contributed by atoms with Gasteiger partial charge in [0.25, 0.3) is 5.91 Å². The van der Waals surface area contributed by atoms with Gasteiger partial charge in [0.05, 0.1) is 6.04 Å². The number of amides is 1. The first kappa shape index (κ1) is 13.9. The van der Waals surface area contributed by atoms with Crippen LogP contribution in [0.4, 0.5) is 0 Å². The highest BCUT2D eigenvalue weighted by Gasteiger charge is 2.31. The monoisotopic (exact) mass is 283 g/mol. The molecule has 0 radical (unpaired) electrons. The highest BCUT2D eigenvalue weighted by atomic mass is 16.2. The maximum absolute atomic E-state index is 12.8. The SMILES string of the molecule is CCn1nccc1C(=O)N1CCCC1c1ccc(C)cc1. The molecule has 4 heteroatoms. The zero-order chi connectivity index (χ0) is 14.8. The van der Waals surface area contributed by atoms with E-state index in [2.05, 4.69) is 36.3 Å². The standard InChI is InChI=1S/C17H21N3O/c1-3-20-16(10-11-18-20)17(21)19-12-4-5-15(19)14-8-6-13(2)7-9-14/h6-11,15H,3-5,12H2,1-2H3. The predicted octanol–water partition coefficient (Wildman–Crippen LogP) is 3.19. The molecule has 0 spiro atoms. The number of nitrogens with zero attached hydrogens (tertiary/aromatic N) is 3. The summed E-state index contributed by atoms with van der Waals surface area (Å²) in [5.74, 6) is 0.0948. The Morgan fingerprint density at radius 2 is 2.05 bits per heavy atom. The molecule has 1 amide bonds. The summed E-state index contributed by atoms with van der Waals surface area (Å²) in [6, 6.07) is 10.5. The smallest absolute Gasteiger partial charge is 0.272 e. The van der Waals surface area contributed by atoms with E-state index in [9.17, 15) is 4.79 Å². The van der Waals surface area contributed by atoms with Crippen molar-refractivity contribution in [3.63, 3.8) is 0 Å². The minimum atomic E-state index is 0.0948. The maximum atomic E-state index is 12.8. The number of benzene rings is 1. The molecule has 1 aromatic carbocycles. The second-order valence-corrected chi connectivity index (χ2v) is 5.60. The molecule has 0 saturated carbocycles. The molecule has 0 aliphatic carbocycles. The first-order chi connectivity index (χ1) is 10.2. The fourth-order valence-electron chi connectivity index (χ4n) is 3.06. The fourth-order valence-corrected chi connectivity index (χ4v) is 3.06. The minimum Gasteiger partial charge on any atom is -0.330 e. The lowest BCUT2D eigenvalue weighted by atomic mass is 10.0. The van der Waals surface area contributed by atoms with Gasteiger partial charge in [-0.25, -0.2) is 0 Å². The van der Waals surface area contributed by atoms with Crippen LogP contribution in [0.5, 0.6) is 0 Å². The summed E-state index contributed by atoms with van der Waals surface area (Å²) in [7, 11) is 0. The zero-order valence-electron chi connectivity index (χ0n) is 12.6. The van der Waals surface area contributed by atoms with E-state index in [0.717, 1.165) is 25.9 Å². The highest BCUT2D eigenvalue weighted by molar-refractivity contribution is 5.93. The number of hydrogen-bond acceptors (Lipinski definition) is 2. The molecule has 1 saturated heterocycles. The van der Waals surface area contributed by atoms with Gasteiger partial charge in [-0.1, -0.05) is 29.8 Å². The van der Waals surface area contributed by atoms with E-state index < -0.39 is 0 Å². The Labute approximate surface area is 125 Å². The molecule has 0 N–H and O–H groups in total. The van der Waals surface area contributed by atoms with Gasteiger partial charge in [0.15, 0.2) is 0 Å². The molecule has 1 aliphatic rings. The largest absolute Gasteiger partial charge is 0.330 e. The third-order valence-corrected chi connectivity index (χ3v) is 4.21. The van der Waals surface area contributed by atoms with E-state index in [1.165, 1.54) is 11.1 Å². The van der Waals surface area contributed by atoms with Gasteiger partial charge >= 0.3 is 0 Å². The van der Waals surface area contributed by atoms with E-state index in [1.54, 1.807) is 10.9 Å². The number of rotatable bonds is 3. The molecule has 2 aromatic rings. The van der Waals surface area contributed by atoms with Gasteiger partial charge in [-0.3, -0.25) is 9.48 Å². The van der Waals surface area contributed by atoms with Crippen molar-refractivity contribution in [2.24, 2.45) is 0 Å². The van der Waals surface area contributed by atoms with Crippen LogP contribution in [0.2, 0.25) is 0 Å².